The standard InChI is InChI=1S/C11H12F3NO2/c12-11(13,14)8-5-6(16)4-7(10(8)17)9-2-1-3-15-9/h4-5,9,15-17H,1-3H2. The Kier molecular flexibility index (Phi) is 2.91. The second-order valence-corrected chi connectivity index (χ2v) is 4.08. The minimum Gasteiger partial charge on any atom is -0.508 e. The van der Waals surface area contributed by atoms with Crippen LogP contribution in [0.2, 0.25) is 0 Å². The number of hydrogen-bond acceptors (Lipinski definition) is 3. The van der Waals surface area contributed by atoms with E-state index in [0.717, 1.165) is 6.42 Å². The molecule has 1 aliphatic heterocycles. The molecule has 1 unspecified atom stereocenters. The van der Waals surface area contributed by atoms with Gasteiger partial charge in [-0.05, 0) is 31.5 Å². The molecule has 1 aromatic carbocycles. The van der Waals surface area contributed by atoms with Gasteiger partial charge in [-0.1, -0.05) is 0 Å². The van der Waals surface area contributed by atoms with Gasteiger partial charge in [-0.3, -0.25) is 0 Å². The fourth-order valence-electron chi connectivity index (χ4n) is 2.07. The number of aromatic hydroxyl groups is 2. The van der Waals surface area contributed by atoms with Crippen LogP contribution in [-0.4, -0.2) is 16.8 Å². The summed E-state index contributed by atoms with van der Waals surface area (Å²) in [5.74, 6) is -1.28. The smallest absolute Gasteiger partial charge is 0.420 e. The Bertz CT molecular complexity index is 425. The van der Waals surface area contributed by atoms with Crippen LogP contribution < -0.4 is 5.32 Å². The summed E-state index contributed by atoms with van der Waals surface area (Å²) >= 11 is 0. The van der Waals surface area contributed by atoms with E-state index in [1.807, 2.05) is 0 Å². The highest BCUT2D eigenvalue weighted by atomic mass is 19.4. The monoisotopic (exact) mass is 247 g/mol. The van der Waals surface area contributed by atoms with Gasteiger partial charge in [-0.25, -0.2) is 0 Å². The molecule has 0 aliphatic carbocycles. The van der Waals surface area contributed by atoms with Gasteiger partial charge in [0.1, 0.15) is 17.1 Å². The van der Waals surface area contributed by atoms with Crippen LogP contribution in [-0.2, 0) is 6.18 Å². The molecule has 17 heavy (non-hydrogen) atoms. The Morgan fingerprint density at radius 3 is 2.47 bits per heavy atom. The van der Waals surface area contributed by atoms with E-state index in [1.165, 1.54) is 6.07 Å². The average Bonchev–Trinajstić information content (AvgIpc) is 2.72. The zero-order chi connectivity index (χ0) is 12.6. The first-order chi connectivity index (χ1) is 7.89. The number of halogens is 3. The van der Waals surface area contributed by atoms with Crippen LogP contribution in [0.15, 0.2) is 12.1 Å². The number of hydrogen-bond donors (Lipinski definition) is 3. The number of rotatable bonds is 1. The molecule has 3 nitrogen and oxygen atoms in total. The molecule has 0 radical (unpaired) electrons. The molecular formula is C11H12F3NO2. The first kappa shape index (κ1) is 12.0. The molecule has 0 amide bonds. The molecule has 1 aromatic rings. The first-order valence-electron chi connectivity index (χ1n) is 5.26. The van der Waals surface area contributed by atoms with E-state index in [9.17, 15) is 23.4 Å². The van der Waals surface area contributed by atoms with Crippen molar-refractivity contribution in [1.82, 2.24) is 5.32 Å². The lowest BCUT2D eigenvalue weighted by Gasteiger charge is -2.17. The quantitative estimate of drug-likeness (QED) is 0.668. The summed E-state index contributed by atoms with van der Waals surface area (Å²) < 4.78 is 37.8. The first-order valence-corrected chi connectivity index (χ1v) is 5.26. The fourth-order valence-corrected chi connectivity index (χ4v) is 2.07. The SMILES string of the molecule is Oc1cc(C2CCCN2)c(O)c(C(F)(F)F)c1. The fraction of sp³-hybridized carbons (Fsp3) is 0.455. The van der Waals surface area contributed by atoms with E-state index >= 15 is 0 Å². The molecule has 2 rings (SSSR count). The third-order valence-electron chi connectivity index (χ3n) is 2.87. The average molecular weight is 247 g/mol. The van der Waals surface area contributed by atoms with Crippen molar-refractivity contribution in [2.45, 2.75) is 25.1 Å². The maximum Gasteiger partial charge on any atom is 0.420 e. The summed E-state index contributed by atoms with van der Waals surface area (Å²) in [5.41, 5.74) is -1.09. The van der Waals surface area contributed by atoms with Crippen molar-refractivity contribution in [3.8, 4) is 11.5 Å². The van der Waals surface area contributed by atoms with Crippen molar-refractivity contribution in [3.05, 3.63) is 23.3 Å². The van der Waals surface area contributed by atoms with Crippen LogP contribution >= 0.6 is 0 Å². The highest BCUT2D eigenvalue weighted by Crippen LogP contribution is 2.43. The van der Waals surface area contributed by atoms with Crippen LogP contribution in [0.5, 0.6) is 11.5 Å². The van der Waals surface area contributed by atoms with Gasteiger partial charge in [-0.2, -0.15) is 13.2 Å². The van der Waals surface area contributed by atoms with E-state index < -0.39 is 23.2 Å². The lowest BCUT2D eigenvalue weighted by atomic mass is 10.00. The Morgan fingerprint density at radius 1 is 1.24 bits per heavy atom. The Balaban J connectivity index is 2.49. The zero-order valence-electron chi connectivity index (χ0n) is 8.88. The lowest BCUT2D eigenvalue weighted by Crippen LogP contribution is -2.15. The van der Waals surface area contributed by atoms with E-state index in [-0.39, 0.29) is 11.6 Å². The molecule has 0 spiro atoms. The topological polar surface area (TPSA) is 52.5 Å². The highest BCUT2D eigenvalue weighted by Gasteiger charge is 2.36. The van der Waals surface area contributed by atoms with Gasteiger partial charge >= 0.3 is 6.18 Å². The molecule has 0 saturated carbocycles. The molecule has 3 N–H and O–H groups in total. The minimum atomic E-state index is -4.67. The molecule has 1 aliphatic rings. The van der Waals surface area contributed by atoms with Gasteiger partial charge in [0.15, 0.2) is 0 Å². The van der Waals surface area contributed by atoms with Crippen LogP contribution in [0.3, 0.4) is 0 Å². The molecule has 1 heterocycles. The summed E-state index contributed by atoms with van der Waals surface area (Å²) in [7, 11) is 0. The Hall–Kier alpha value is -1.43. The predicted molar refractivity (Wildman–Crippen MR) is 54.8 cm³/mol. The second kappa shape index (κ2) is 4.10. The Morgan fingerprint density at radius 2 is 1.94 bits per heavy atom. The number of benzene rings is 1. The van der Waals surface area contributed by atoms with Gasteiger partial charge < -0.3 is 15.5 Å². The second-order valence-electron chi connectivity index (χ2n) is 4.08. The third kappa shape index (κ3) is 2.31. The van der Waals surface area contributed by atoms with Crippen molar-refractivity contribution < 1.29 is 23.4 Å². The van der Waals surface area contributed by atoms with Gasteiger partial charge in [0.25, 0.3) is 0 Å². The van der Waals surface area contributed by atoms with E-state index in [1.54, 1.807) is 0 Å². The summed E-state index contributed by atoms with van der Waals surface area (Å²) in [6, 6.07) is 1.38. The van der Waals surface area contributed by atoms with Crippen molar-refractivity contribution in [2.75, 3.05) is 6.54 Å². The highest BCUT2D eigenvalue weighted by molar-refractivity contribution is 5.49. The largest absolute Gasteiger partial charge is 0.508 e. The maximum atomic E-state index is 12.6. The van der Waals surface area contributed by atoms with Gasteiger partial charge in [0.2, 0.25) is 0 Å². The van der Waals surface area contributed by atoms with E-state index in [2.05, 4.69) is 5.32 Å². The molecule has 1 fully saturated rings. The molecule has 94 valence electrons. The molecule has 1 atom stereocenters. The van der Waals surface area contributed by atoms with Crippen LogP contribution in [0.4, 0.5) is 13.2 Å². The Labute approximate surface area is 95.9 Å². The number of phenols is 2. The van der Waals surface area contributed by atoms with Crippen molar-refractivity contribution in [1.29, 1.82) is 0 Å². The van der Waals surface area contributed by atoms with Crippen molar-refractivity contribution in [3.63, 3.8) is 0 Å². The van der Waals surface area contributed by atoms with E-state index in [4.69, 9.17) is 0 Å². The zero-order valence-corrected chi connectivity index (χ0v) is 8.88. The van der Waals surface area contributed by atoms with Gasteiger partial charge in [0, 0.05) is 11.6 Å². The number of nitrogens with one attached hydrogen (secondary N) is 1. The molecule has 0 bridgehead atoms. The van der Waals surface area contributed by atoms with Gasteiger partial charge in [-0.15, -0.1) is 0 Å². The molecule has 6 heteroatoms. The van der Waals surface area contributed by atoms with E-state index in [0.29, 0.717) is 19.0 Å². The summed E-state index contributed by atoms with van der Waals surface area (Å²) in [4.78, 5) is 0. The normalized spacial score (nSPS) is 20.8. The predicted octanol–water partition coefficient (Wildman–Crippen LogP) is 2.54. The van der Waals surface area contributed by atoms with Crippen molar-refractivity contribution in [2.24, 2.45) is 0 Å². The molecule has 1 saturated heterocycles. The third-order valence-corrected chi connectivity index (χ3v) is 2.87. The van der Waals surface area contributed by atoms with Crippen LogP contribution in [0.25, 0.3) is 0 Å². The molecular weight excluding hydrogens is 235 g/mol. The summed E-state index contributed by atoms with van der Waals surface area (Å²) in [6.07, 6.45) is -3.19. The van der Waals surface area contributed by atoms with Crippen molar-refractivity contribution >= 4 is 0 Å². The van der Waals surface area contributed by atoms with Crippen LogP contribution in [0, 0.1) is 0 Å². The maximum absolute atomic E-state index is 12.6. The minimum absolute atomic E-state index is 0.106. The molecule has 0 aromatic heterocycles. The summed E-state index contributed by atoms with van der Waals surface area (Å²) in [6.45, 7) is 0.696. The van der Waals surface area contributed by atoms with Crippen LogP contribution in [0.1, 0.15) is 30.0 Å². The number of alkyl halides is 3. The van der Waals surface area contributed by atoms with Gasteiger partial charge in [0.05, 0.1) is 0 Å². The summed E-state index contributed by atoms with van der Waals surface area (Å²) in [5, 5.41) is 21.9. The lowest BCUT2D eigenvalue weighted by molar-refractivity contribution is -0.139. The number of phenolic OH excluding ortho intramolecular Hbond substituents is 2.